The summed E-state index contributed by atoms with van der Waals surface area (Å²) in [5.74, 6) is 0. The molecule has 0 atom stereocenters. The van der Waals surface area contributed by atoms with Crippen LogP contribution in [0.1, 0.15) is 6.42 Å². The molecule has 1 aromatic carbocycles. The molecule has 0 fully saturated rings. The van der Waals surface area contributed by atoms with E-state index in [1.807, 2.05) is 19.0 Å². The van der Waals surface area contributed by atoms with Crippen molar-refractivity contribution in [2.45, 2.75) is 11.3 Å². The normalized spacial score (nSPS) is 12.3. The molecule has 0 radical (unpaired) electrons. The third kappa shape index (κ3) is 4.45. The summed E-state index contributed by atoms with van der Waals surface area (Å²) in [6, 6.07) is 4.78. The van der Waals surface area contributed by atoms with Crippen LogP contribution in [0.25, 0.3) is 0 Å². The Hall–Kier alpha value is -0.630. The lowest BCUT2D eigenvalue weighted by Crippen LogP contribution is -2.30. The van der Waals surface area contributed by atoms with Crippen LogP contribution in [0.5, 0.6) is 0 Å². The van der Waals surface area contributed by atoms with E-state index in [9.17, 15) is 8.42 Å². The zero-order valence-corrected chi connectivity index (χ0v) is 13.8. The van der Waals surface area contributed by atoms with Gasteiger partial charge in [-0.15, -0.1) is 0 Å². The van der Waals surface area contributed by atoms with Crippen LogP contribution in [0.15, 0.2) is 27.6 Å². The van der Waals surface area contributed by atoms with Gasteiger partial charge in [-0.1, -0.05) is 0 Å². The van der Waals surface area contributed by atoms with Gasteiger partial charge in [0, 0.05) is 23.8 Å². The summed E-state index contributed by atoms with van der Waals surface area (Å²) in [7, 11) is 2.00. The number of hydrogen-bond acceptors (Lipinski definition) is 4. The lowest BCUT2D eigenvalue weighted by molar-refractivity contribution is 0.370. The second kappa shape index (κ2) is 6.69. The van der Waals surface area contributed by atoms with Crippen LogP contribution in [0.4, 0.5) is 5.69 Å². The predicted molar refractivity (Wildman–Crippen MR) is 81.5 cm³/mol. The number of rotatable bonds is 6. The number of sulfonamides is 1. The SMILES string of the molecule is CN(C)CCCN(C)S(=O)(=O)c1cc(N)ccc1Br. The summed E-state index contributed by atoms with van der Waals surface area (Å²) < 4.78 is 26.7. The Morgan fingerprint density at radius 3 is 2.42 bits per heavy atom. The molecule has 2 N–H and O–H groups in total. The number of benzene rings is 1. The Morgan fingerprint density at radius 2 is 1.84 bits per heavy atom. The maximum atomic E-state index is 12.4. The Balaban J connectivity index is 2.88. The first kappa shape index (κ1) is 16.4. The standard InChI is InChI=1S/C12H20BrN3O2S/c1-15(2)7-4-8-16(3)19(17,18)12-9-10(14)5-6-11(12)13/h5-6,9H,4,7-8,14H2,1-3H3. The summed E-state index contributed by atoms with van der Waals surface area (Å²) in [5, 5.41) is 0. The molecule has 0 aliphatic rings. The maximum Gasteiger partial charge on any atom is 0.244 e. The topological polar surface area (TPSA) is 66.6 Å². The minimum Gasteiger partial charge on any atom is -0.399 e. The zero-order chi connectivity index (χ0) is 14.6. The summed E-state index contributed by atoms with van der Waals surface area (Å²) in [6.07, 6.45) is 0.780. The van der Waals surface area contributed by atoms with Gasteiger partial charge in [0.2, 0.25) is 10.0 Å². The zero-order valence-electron chi connectivity index (χ0n) is 11.4. The van der Waals surface area contributed by atoms with E-state index in [2.05, 4.69) is 15.9 Å². The molecule has 1 aromatic rings. The third-order valence-corrected chi connectivity index (χ3v) is 5.57. The lowest BCUT2D eigenvalue weighted by Gasteiger charge is -2.19. The quantitative estimate of drug-likeness (QED) is 0.792. The Kier molecular flexibility index (Phi) is 5.79. The van der Waals surface area contributed by atoms with Gasteiger partial charge in [0.25, 0.3) is 0 Å². The molecule has 0 saturated heterocycles. The first-order chi connectivity index (χ1) is 8.75. The van der Waals surface area contributed by atoms with Crippen molar-refractivity contribution in [3.05, 3.63) is 22.7 Å². The average molecular weight is 350 g/mol. The van der Waals surface area contributed by atoms with Crippen LogP contribution in [-0.4, -0.2) is 51.9 Å². The molecule has 1 rings (SSSR count). The highest BCUT2D eigenvalue weighted by Gasteiger charge is 2.23. The number of hydrogen-bond donors (Lipinski definition) is 1. The van der Waals surface area contributed by atoms with Crippen LogP contribution in [0, 0.1) is 0 Å². The highest BCUT2D eigenvalue weighted by atomic mass is 79.9. The largest absolute Gasteiger partial charge is 0.399 e. The van der Waals surface area contributed by atoms with Crippen LogP contribution in [0.3, 0.4) is 0 Å². The van der Waals surface area contributed by atoms with Crippen molar-refractivity contribution in [1.82, 2.24) is 9.21 Å². The van der Waals surface area contributed by atoms with Gasteiger partial charge in [-0.25, -0.2) is 12.7 Å². The maximum absolute atomic E-state index is 12.4. The smallest absolute Gasteiger partial charge is 0.244 e. The number of anilines is 1. The number of halogens is 1. The van der Waals surface area contributed by atoms with Gasteiger partial charge in [0.1, 0.15) is 0 Å². The van der Waals surface area contributed by atoms with Crippen molar-refractivity contribution in [3.63, 3.8) is 0 Å². The predicted octanol–water partition coefficient (Wildman–Crippen LogP) is 1.60. The molecule has 7 heteroatoms. The van der Waals surface area contributed by atoms with E-state index >= 15 is 0 Å². The van der Waals surface area contributed by atoms with Crippen LogP contribution in [0.2, 0.25) is 0 Å². The van der Waals surface area contributed by atoms with Crippen molar-refractivity contribution in [1.29, 1.82) is 0 Å². The molecule has 108 valence electrons. The minimum atomic E-state index is -3.50. The summed E-state index contributed by atoms with van der Waals surface area (Å²) in [6.45, 7) is 1.32. The Morgan fingerprint density at radius 1 is 1.21 bits per heavy atom. The van der Waals surface area contributed by atoms with E-state index < -0.39 is 10.0 Å². The molecule has 0 saturated carbocycles. The highest BCUT2D eigenvalue weighted by molar-refractivity contribution is 9.10. The van der Waals surface area contributed by atoms with Gasteiger partial charge < -0.3 is 10.6 Å². The van der Waals surface area contributed by atoms with Crippen molar-refractivity contribution < 1.29 is 8.42 Å². The number of nitrogens with two attached hydrogens (primary N) is 1. The van der Waals surface area contributed by atoms with Gasteiger partial charge >= 0.3 is 0 Å². The monoisotopic (exact) mass is 349 g/mol. The van der Waals surface area contributed by atoms with E-state index in [0.717, 1.165) is 13.0 Å². The molecular formula is C12H20BrN3O2S. The average Bonchev–Trinajstić information content (AvgIpc) is 2.31. The molecule has 0 aliphatic carbocycles. The molecule has 0 bridgehead atoms. The molecular weight excluding hydrogens is 330 g/mol. The second-order valence-corrected chi connectivity index (χ2v) is 7.54. The first-order valence-corrected chi connectivity index (χ1v) is 8.14. The molecule has 0 amide bonds. The number of nitrogen functional groups attached to an aromatic ring is 1. The van der Waals surface area contributed by atoms with Gasteiger partial charge in [0.05, 0.1) is 4.90 Å². The van der Waals surface area contributed by atoms with E-state index in [1.165, 1.54) is 10.4 Å². The van der Waals surface area contributed by atoms with Gasteiger partial charge in [-0.3, -0.25) is 0 Å². The highest BCUT2D eigenvalue weighted by Crippen LogP contribution is 2.26. The summed E-state index contributed by atoms with van der Waals surface area (Å²) in [4.78, 5) is 2.23. The van der Waals surface area contributed by atoms with Gasteiger partial charge in [-0.05, 0) is 61.2 Å². The number of nitrogens with zero attached hydrogens (tertiary/aromatic N) is 2. The first-order valence-electron chi connectivity index (χ1n) is 5.91. The molecule has 19 heavy (non-hydrogen) atoms. The van der Waals surface area contributed by atoms with Crippen molar-refractivity contribution in [2.75, 3.05) is 40.0 Å². The second-order valence-electron chi connectivity index (χ2n) is 4.67. The molecule has 0 heterocycles. The Bertz CT molecular complexity index is 532. The fraction of sp³-hybridized carbons (Fsp3) is 0.500. The van der Waals surface area contributed by atoms with Crippen molar-refractivity contribution >= 4 is 31.6 Å². The lowest BCUT2D eigenvalue weighted by atomic mass is 10.3. The molecule has 5 nitrogen and oxygen atoms in total. The summed E-state index contributed by atoms with van der Waals surface area (Å²) >= 11 is 3.26. The minimum absolute atomic E-state index is 0.208. The third-order valence-electron chi connectivity index (χ3n) is 2.72. The van der Waals surface area contributed by atoms with Crippen LogP contribution < -0.4 is 5.73 Å². The molecule has 0 aliphatic heterocycles. The van der Waals surface area contributed by atoms with E-state index in [0.29, 0.717) is 16.7 Å². The van der Waals surface area contributed by atoms with Crippen molar-refractivity contribution in [3.8, 4) is 0 Å². The summed E-state index contributed by atoms with van der Waals surface area (Å²) in [5.41, 5.74) is 6.09. The van der Waals surface area contributed by atoms with Crippen LogP contribution in [-0.2, 0) is 10.0 Å². The van der Waals surface area contributed by atoms with Gasteiger partial charge in [-0.2, -0.15) is 0 Å². The van der Waals surface area contributed by atoms with Crippen molar-refractivity contribution in [2.24, 2.45) is 0 Å². The molecule has 0 unspecified atom stereocenters. The molecule has 0 aromatic heterocycles. The van der Waals surface area contributed by atoms with E-state index in [-0.39, 0.29) is 4.90 Å². The molecule has 0 spiro atoms. The fourth-order valence-electron chi connectivity index (χ4n) is 1.62. The van der Waals surface area contributed by atoms with E-state index in [1.54, 1.807) is 19.2 Å². The van der Waals surface area contributed by atoms with Crippen LogP contribution >= 0.6 is 15.9 Å². The fourth-order valence-corrected chi connectivity index (χ4v) is 3.78. The van der Waals surface area contributed by atoms with E-state index in [4.69, 9.17) is 5.73 Å². The van der Waals surface area contributed by atoms with Gasteiger partial charge in [0.15, 0.2) is 0 Å². The Labute approximate surface area is 123 Å².